The van der Waals surface area contributed by atoms with Crippen LogP contribution in [0.1, 0.15) is 25.7 Å². The van der Waals surface area contributed by atoms with E-state index in [9.17, 15) is 4.79 Å². The number of aliphatic hydroxyl groups excluding tert-OH is 1. The van der Waals surface area contributed by atoms with Gasteiger partial charge in [0, 0.05) is 44.2 Å². The Morgan fingerprint density at radius 3 is 2.91 bits per heavy atom. The van der Waals surface area contributed by atoms with E-state index >= 15 is 0 Å². The molecule has 2 saturated heterocycles. The zero-order valence-electron chi connectivity index (χ0n) is 12.7. The summed E-state index contributed by atoms with van der Waals surface area (Å²) in [5, 5.41) is 9.80. The van der Waals surface area contributed by atoms with Gasteiger partial charge in [0.05, 0.1) is 11.6 Å². The Labute approximate surface area is 135 Å². The summed E-state index contributed by atoms with van der Waals surface area (Å²) in [7, 11) is 0. The Hall–Kier alpha value is -1.33. The first kappa shape index (κ1) is 15.6. The highest BCUT2D eigenvalue weighted by Gasteiger charge is 2.41. The molecular weight excluding hydrogens is 302 g/mol. The van der Waals surface area contributed by atoms with Crippen molar-refractivity contribution in [1.82, 2.24) is 9.88 Å². The molecular formula is C16H22ClN3O2. The minimum atomic E-state index is 0.0320. The highest BCUT2D eigenvalue weighted by Crippen LogP contribution is 2.39. The summed E-state index contributed by atoms with van der Waals surface area (Å²) in [6.07, 6.45) is 5.43. The number of amides is 1. The maximum Gasteiger partial charge on any atom is 0.222 e. The van der Waals surface area contributed by atoms with Crippen LogP contribution in [0.2, 0.25) is 5.02 Å². The van der Waals surface area contributed by atoms with Crippen molar-refractivity contribution < 1.29 is 9.90 Å². The molecule has 0 radical (unpaired) electrons. The summed E-state index contributed by atoms with van der Waals surface area (Å²) in [6, 6.07) is 3.83. The summed E-state index contributed by atoms with van der Waals surface area (Å²) in [6.45, 7) is 3.13. The molecule has 1 N–H and O–H groups in total. The van der Waals surface area contributed by atoms with Gasteiger partial charge in [-0.15, -0.1) is 0 Å². The van der Waals surface area contributed by atoms with E-state index in [1.807, 2.05) is 17.0 Å². The highest BCUT2D eigenvalue weighted by atomic mass is 35.5. The number of carbonyl (C=O) groups excluding carboxylic acids is 1. The van der Waals surface area contributed by atoms with Crippen molar-refractivity contribution in [1.29, 1.82) is 0 Å². The van der Waals surface area contributed by atoms with Gasteiger partial charge in [-0.3, -0.25) is 4.79 Å². The number of hydrogen-bond donors (Lipinski definition) is 1. The monoisotopic (exact) mass is 323 g/mol. The van der Waals surface area contributed by atoms with Crippen LogP contribution in [0.15, 0.2) is 18.3 Å². The molecule has 1 amide bonds. The average molecular weight is 324 g/mol. The third-order valence-electron chi connectivity index (χ3n) is 4.82. The van der Waals surface area contributed by atoms with Crippen LogP contribution in [0.25, 0.3) is 0 Å². The van der Waals surface area contributed by atoms with Gasteiger partial charge in [0.25, 0.3) is 0 Å². The predicted octanol–water partition coefficient (Wildman–Crippen LogP) is 1.94. The van der Waals surface area contributed by atoms with E-state index in [-0.39, 0.29) is 17.9 Å². The van der Waals surface area contributed by atoms with Gasteiger partial charge in [0.2, 0.25) is 5.91 Å². The molecule has 22 heavy (non-hydrogen) atoms. The third kappa shape index (κ3) is 3.20. The second kappa shape index (κ2) is 6.42. The first-order valence-electron chi connectivity index (χ1n) is 7.87. The molecule has 120 valence electrons. The Bertz CT molecular complexity index is 537. The summed E-state index contributed by atoms with van der Waals surface area (Å²) in [4.78, 5) is 20.5. The first-order valence-corrected chi connectivity index (χ1v) is 8.25. The summed E-state index contributed by atoms with van der Waals surface area (Å²) in [5.74, 6) is 1.12. The van der Waals surface area contributed by atoms with Crippen LogP contribution in [0.4, 0.5) is 5.82 Å². The molecule has 3 rings (SSSR count). The van der Waals surface area contributed by atoms with E-state index < -0.39 is 0 Å². The lowest BCUT2D eigenvalue weighted by molar-refractivity contribution is -0.138. The van der Waals surface area contributed by atoms with E-state index in [4.69, 9.17) is 16.7 Å². The van der Waals surface area contributed by atoms with Crippen molar-refractivity contribution in [2.45, 2.75) is 25.7 Å². The van der Waals surface area contributed by atoms with Gasteiger partial charge in [-0.05, 0) is 31.4 Å². The molecule has 2 fully saturated rings. The Morgan fingerprint density at radius 2 is 2.18 bits per heavy atom. The van der Waals surface area contributed by atoms with E-state index in [2.05, 4.69) is 9.88 Å². The molecule has 0 saturated carbocycles. The minimum Gasteiger partial charge on any atom is -0.395 e. The third-order valence-corrected chi connectivity index (χ3v) is 5.04. The number of likely N-dealkylation sites (tertiary alicyclic amines) is 1. The normalized spacial score (nSPS) is 25.8. The Morgan fingerprint density at radius 1 is 1.32 bits per heavy atom. The second-order valence-corrected chi connectivity index (χ2v) is 6.84. The fraction of sp³-hybridized carbons (Fsp3) is 0.625. The predicted molar refractivity (Wildman–Crippen MR) is 86.0 cm³/mol. The number of anilines is 1. The molecule has 0 bridgehead atoms. The van der Waals surface area contributed by atoms with E-state index in [1.165, 1.54) is 0 Å². The van der Waals surface area contributed by atoms with Crippen molar-refractivity contribution in [3.05, 3.63) is 23.4 Å². The number of rotatable bonds is 3. The molecule has 0 unspecified atom stereocenters. The van der Waals surface area contributed by atoms with Crippen LogP contribution in [-0.2, 0) is 4.79 Å². The molecule has 0 aliphatic carbocycles. The van der Waals surface area contributed by atoms with Crippen molar-refractivity contribution in [3.63, 3.8) is 0 Å². The quantitative estimate of drug-likeness (QED) is 0.923. The largest absolute Gasteiger partial charge is 0.395 e. The van der Waals surface area contributed by atoms with E-state index in [0.717, 1.165) is 44.7 Å². The number of β-amino-alcohol motifs (C(OH)–C–C–N with tert-alkyl or cyclic N) is 1. The van der Waals surface area contributed by atoms with Gasteiger partial charge in [0.15, 0.2) is 0 Å². The van der Waals surface area contributed by atoms with Crippen LogP contribution in [-0.4, -0.2) is 53.7 Å². The molecule has 1 aromatic rings. The topological polar surface area (TPSA) is 56.7 Å². The maximum absolute atomic E-state index is 12.0. The molecule has 6 heteroatoms. The Kier molecular flexibility index (Phi) is 4.54. The number of piperidine rings is 2. The van der Waals surface area contributed by atoms with Gasteiger partial charge < -0.3 is 14.9 Å². The standard InChI is InChI=1S/C16H22ClN3O2/c17-13-2-3-14(18-10-13)19-7-1-5-16(11-19)6-4-15(22)20(12-16)8-9-21/h2-3,10,21H,1,4-9,11-12H2/t16-/m0/s1. The fourth-order valence-corrected chi connectivity index (χ4v) is 3.83. The number of hydrogen-bond acceptors (Lipinski definition) is 4. The molecule has 5 nitrogen and oxygen atoms in total. The number of halogens is 1. The van der Waals surface area contributed by atoms with Gasteiger partial charge in [-0.1, -0.05) is 11.6 Å². The van der Waals surface area contributed by atoms with Crippen LogP contribution >= 0.6 is 11.6 Å². The lowest BCUT2D eigenvalue weighted by Crippen LogP contribution is -2.54. The van der Waals surface area contributed by atoms with Gasteiger partial charge in [0.1, 0.15) is 5.82 Å². The number of carbonyl (C=O) groups is 1. The average Bonchev–Trinajstić information content (AvgIpc) is 2.52. The van der Waals surface area contributed by atoms with Crippen LogP contribution in [0.3, 0.4) is 0 Å². The van der Waals surface area contributed by atoms with Crippen LogP contribution in [0, 0.1) is 5.41 Å². The molecule has 1 atom stereocenters. The number of pyridine rings is 1. The summed E-state index contributed by atoms with van der Waals surface area (Å²) >= 11 is 5.91. The molecule has 1 spiro atoms. The Balaban J connectivity index is 1.74. The molecule has 0 aromatic carbocycles. The zero-order chi connectivity index (χ0) is 15.6. The number of nitrogens with zero attached hydrogens (tertiary/aromatic N) is 3. The van der Waals surface area contributed by atoms with Crippen molar-refractivity contribution in [2.75, 3.05) is 37.7 Å². The first-order chi connectivity index (χ1) is 10.6. The molecule has 2 aliphatic heterocycles. The van der Waals surface area contributed by atoms with Gasteiger partial charge in [-0.25, -0.2) is 4.98 Å². The number of aromatic nitrogens is 1. The SMILES string of the molecule is O=C1CC[C@]2(CCCN(c3ccc(Cl)cn3)C2)CN1CCO. The smallest absolute Gasteiger partial charge is 0.222 e. The van der Waals surface area contributed by atoms with E-state index in [1.54, 1.807) is 6.20 Å². The van der Waals surface area contributed by atoms with Crippen molar-refractivity contribution in [2.24, 2.45) is 5.41 Å². The van der Waals surface area contributed by atoms with Crippen molar-refractivity contribution in [3.8, 4) is 0 Å². The number of aliphatic hydroxyl groups is 1. The van der Waals surface area contributed by atoms with Crippen LogP contribution < -0.4 is 4.90 Å². The van der Waals surface area contributed by atoms with Crippen LogP contribution in [0.5, 0.6) is 0 Å². The second-order valence-electron chi connectivity index (χ2n) is 6.40. The summed E-state index contributed by atoms with van der Waals surface area (Å²) < 4.78 is 0. The molecule has 2 aliphatic rings. The van der Waals surface area contributed by atoms with Gasteiger partial charge >= 0.3 is 0 Å². The lowest BCUT2D eigenvalue weighted by Gasteiger charge is -2.48. The molecule has 1 aromatic heterocycles. The lowest BCUT2D eigenvalue weighted by atomic mass is 9.73. The maximum atomic E-state index is 12.0. The van der Waals surface area contributed by atoms with Crippen molar-refractivity contribution >= 4 is 23.3 Å². The van der Waals surface area contributed by atoms with E-state index in [0.29, 0.717) is 18.0 Å². The fourth-order valence-electron chi connectivity index (χ4n) is 3.72. The summed E-state index contributed by atoms with van der Waals surface area (Å²) in [5.41, 5.74) is 0.128. The molecule has 3 heterocycles. The van der Waals surface area contributed by atoms with Gasteiger partial charge in [-0.2, -0.15) is 0 Å². The zero-order valence-corrected chi connectivity index (χ0v) is 13.4. The highest BCUT2D eigenvalue weighted by molar-refractivity contribution is 6.30. The minimum absolute atomic E-state index is 0.0320.